The van der Waals surface area contributed by atoms with Crippen molar-refractivity contribution >= 4 is 17.6 Å². The molecule has 1 atom stereocenters. The van der Waals surface area contributed by atoms with E-state index in [1.807, 2.05) is 18.2 Å². The predicted octanol–water partition coefficient (Wildman–Crippen LogP) is 2.13. The number of hydrogen-bond acceptors (Lipinski definition) is 3. The van der Waals surface area contributed by atoms with Crippen LogP contribution in [0.3, 0.4) is 0 Å². The standard InChI is InChI=1S/C13H16ClNO3/c14-11-3-1-2-4-12(11)18-8-7-15-6-5-10(9-15)13(16)17/h1-4,10H,5-9H2,(H,16,17). The number of carboxylic acid groups (broad SMARTS) is 1. The molecule has 5 heteroatoms. The van der Waals surface area contributed by atoms with E-state index in [1.165, 1.54) is 0 Å². The Labute approximate surface area is 111 Å². The number of nitrogens with zero attached hydrogens (tertiary/aromatic N) is 1. The van der Waals surface area contributed by atoms with Crippen LogP contribution in [0.1, 0.15) is 6.42 Å². The summed E-state index contributed by atoms with van der Waals surface area (Å²) in [5.74, 6) is -0.261. The van der Waals surface area contributed by atoms with Crippen molar-refractivity contribution in [2.24, 2.45) is 5.92 Å². The van der Waals surface area contributed by atoms with E-state index in [4.69, 9.17) is 21.4 Å². The molecule has 4 nitrogen and oxygen atoms in total. The van der Waals surface area contributed by atoms with Gasteiger partial charge in [0.1, 0.15) is 12.4 Å². The Hall–Kier alpha value is -1.26. The highest BCUT2D eigenvalue weighted by molar-refractivity contribution is 6.32. The summed E-state index contributed by atoms with van der Waals surface area (Å²) < 4.78 is 5.57. The largest absolute Gasteiger partial charge is 0.491 e. The normalized spacial score (nSPS) is 19.9. The molecule has 0 aliphatic carbocycles. The Morgan fingerprint density at radius 2 is 2.28 bits per heavy atom. The van der Waals surface area contributed by atoms with E-state index >= 15 is 0 Å². The number of rotatable bonds is 5. The SMILES string of the molecule is O=C(O)C1CCN(CCOc2ccccc2Cl)C1. The van der Waals surface area contributed by atoms with Gasteiger partial charge in [-0.2, -0.15) is 0 Å². The Balaban J connectivity index is 1.74. The van der Waals surface area contributed by atoms with Gasteiger partial charge in [0.25, 0.3) is 0 Å². The summed E-state index contributed by atoms with van der Waals surface area (Å²) in [6, 6.07) is 7.34. The first kappa shape index (κ1) is 13.2. The maximum atomic E-state index is 10.8. The lowest BCUT2D eigenvalue weighted by atomic mass is 10.1. The van der Waals surface area contributed by atoms with Crippen LogP contribution in [0, 0.1) is 5.92 Å². The van der Waals surface area contributed by atoms with Crippen molar-refractivity contribution in [3.8, 4) is 5.75 Å². The van der Waals surface area contributed by atoms with Crippen molar-refractivity contribution in [1.29, 1.82) is 0 Å². The minimum Gasteiger partial charge on any atom is -0.491 e. The fraction of sp³-hybridized carbons (Fsp3) is 0.462. The minimum absolute atomic E-state index is 0.231. The number of carboxylic acids is 1. The number of likely N-dealkylation sites (tertiary alicyclic amines) is 1. The topological polar surface area (TPSA) is 49.8 Å². The molecule has 18 heavy (non-hydrogen) atoms. The lowest BCUT2D eigenvalue weighted by Gasteiger charge is -2.15. The Morgan fingerprint density at radius 1 is 1.50 bits per heavy atom. The molecule has 1 N–H and O–H groups in total. The molecule has 1 aliphatic heterocycles. The van der Waals surface area contributed by atoms with E-state index in [9.17, 15) is 4.79 Å². The summed E-state index contributed by atoms with van der Waals surface area (Å²) in [5.41, 5.74) is 0. The summed E-state index contributed by atoms with van der Waals surface area (Å²) in [4.78, 5) is 12.9. The molecule has 0 bridgehead atoms. The van der Waals surface area contributed by atoms with Crippen LogP contribution in [0.2, 0.25) is 5.02 Å². The predicted molar refractivity (Wildman–Crippen MR) is 69.1 cm³/mol. The fourth-order valence-corrected chi connectivity index (χ4v) is 2.27. The average molecular weight is 270 g/mol. The van der Waals surface area contributed by atoms with E-state index in [0.29, 0.717) is 23.9 Å². The maximum absolute atomic E-state index is 10.8. The van der Waals surface area contributed by atoms with E-state index in [0.717, 1.165) is 19.5 Å². The third-order valence-electron chi connectivity index (χ3n) is 3.12. The molecule has 1 aromatic rings. The van der Waals surface area contributed by atoms with Gasteiger partial charge in [-0.25, -0.2) is 0 Å². The van der Waals surface area contributed by atoms with Crippen LogP contribution in [-0.2, 0) is 4.79 Å². The number of carbonyl (C=O) groups is 1. The Bertz CT molecular complexity index is 424. The Kier molecular flexibility index (Phi) is 4.44. The summed E-state index contributed by atoms with van der Waals surface area (Å²) in [6.07, 6.45) is 0.724. The van der Waals surface area contributed by atoms with Crippen molar-refractivity contribution < 1.29 is 14.6 Å². The lowest BCUT2D eigenvalue weighted by molar-refractivity contribution is -0.141. The quantitative estimate of drug-likeness (QED) is 0.890. The minimum atomic E-state index is -0.704. The summed E-state index contributed by atoms with van der Waals surface area (Å²) >= 11 is 5.97. The molecule has 0 aromatic heterocycles. The van der Waals surface area contributed by atoms with Crippen molar-refractivity contribution in [2.75, 3.05) is 26.2 Å². The van der Waals surface area contributed by atoms with Crippen LogP contribution in [0.4, 0.5) is 0 Å². The summed E-state index contributed by atoms with van der Waals surface area (Å²) in [7, 11) is 0. The molecule has 1 saturated heterocycles. The van der Waals surface area contributed by atoms with Crippen molar-refractivity contribution in [2.45, 2.75) is 6.42 Å². The zero-order chi connectivity index (χ0) is 13.0. The third kappa shape index (κ3) is 3.37. The number of para-hydroxylation sites is 1. The van der Waals surface area contributed by atoms with Crippen LogP contribution < -0.4 is 4.74 Å². The third-order valence-corrected chi connectivity index (χ3v) is 3.44. The molecule has 1 fully saturated rings. The second-order valence-corrected chi connectivity index (χ2v) is 4.81. The first-order valence-electron chi connectivity index (χ1n) is 5.99. The highest BCUT2D eigenvalue weighted by atomic mass is 35.5. The molecule has 1 aromatic carbocycles. The van der Waals surface area contributed by atoms with Crippen molar-refractivity contribution in [3.05, 3.63) is 29.3 Å². The fourth-order valence-electron chi connectivity index (χ4n) is 2.08. The molecule has 1 unspecified atom stereocenters. The van der Waals surface area contributed by atoms with Crippen LogP contribution in [0.15, 0.2) is 24.3 Å². The number of aliphatic carboxylic acids is 1. The maximum Gasteiger partial charge on any atom is 0.307 e. The number of ether oxygens (including phenoxy) is 1. The zero-order valence-corrected chi connectivity index (χ0v) is 10.8. The summed E-state index contributed by atoms with van der Waals surface area (Å²) in [6.45, 7) is 2.69. The number of benzene rings is 1. The molecule has 1 heterocycles. The van der Waals surface area contributed by atoms with Gasteiger partial charge in [-0.05, 0) is 25.1 Å². The van der Waals surface area contributed by atoms with E-state index < -0.39 is 5.97 Å². The van der Waals surface area contributed by atoms with Gasteiger partial charge < -0.3 is 9.84 Å². The van der Waals surface area contributed by atoms with Gasteiger partial charge in [0, 0.05) is 13.1 Å². The highest BCUT2D eigenvalue weighted by Gasteiger charge is 2.27. The lowest BCUT2D eigenvalue weighted by Crippen LogP contribution is -2.27. The van der Waals surface area contributed by atoms with Gasteiger partial charge in [0.15, 0.2) is 0 Å². The highest BCUT2D eigenvalue weighted by Crippen LogP contribution is 2.23. The van der Waals surface area contributed by atoms with Gasteiger partial charge in [-0.1, -0.05) is 23.7 Å². The molecule has 0 saturated carbocycles. The van der Waals surface area contributed by atoms with E-state index in [1.54, 1.807) is 6.07 Å². The van der Waals surface area contributed by atoms with Crippen molar-refractivity contribution in [1.82, 2.24) is 4.90 Å². The van der Waals surface area contributed by atoms with Gasteiger partial charge in [0.2, 0.25) is 0 Å². The molecule has 1 aliphatic rings. The molecule has 2 rings (SSSR count). The smallest absolute Gasteiger partial charge is 0.307 e. The second kappa shape index (κ2) is 6.07. The molecule has 0 spiro atoms. The van der Waals surface area contributed by atoms with Crippen LogP contribution >= 0.6 is 11.6 Å². The van der Waals surface area contributed by atoms with Gasteiger partial charge in [0.05, 0.1) is 10.9 Å². The number of halogens is 1. The van der Waals surface area contributed by atoms with Crippen LogP contribution in [0.5, 0.6) is 5.75 Å². The summed E-state index contributed by atoms with van der Waals surface area (Å²) in [5, 5.41) is 9.49. The first-order valence-corrected chi connectivity index (χ1v) is 6.37. The monoisotopic (exact) mass is 269 g/mol. The average Bonchev–Trinajstić information content (AvgIpc) is 2.80. The molecular weight excluding hydrogens is 254 g/mol. The molecular formula is C13H16ClNO3. The second-order valence-electron chi connectivity index (χ2n) is 4.40. The molecule has 0 amide bonds. The van der Waals surface area contributed by atoms with Crippen molar-refractivity contribution in [3.63, 3.8) is 0 Å². The Morgan fingerprint density at radius 3 is 2.94 bits per heavy atom. The van der Waals surface area contributed by atoms with Gasteiger partial charge >= 0.3 is 5.97 Å². The van der Waals surface area contributed by atoms with Gasteiger partial charge in [-0.3, -0.25) is 9.69 Å². The van der Waals surface area contributed by atoms with E-state index in [-0.39, 0.29) is 5.92 Å². The molecule has 0 radical (unpaired) electrons. The van der Waals surface area contributed by atoms with E-state index in [2.05, 4.69) is 4.90 Å². The van der Waals surface area contributed by atoms with Crippen LogP contribution in [0.25, 0.3) is 0 Å². The van der Waals surface area contributed by atoms with Gasteiger partial charge in [-0.15, -0.1) is 0 Å². The first-order chi connectivity index (χ1) is 8.66. The number of hydrogen-bond donors (Lipinski definition) is 1. The van der Waals surface area contributed by atoms with Crippen LogP contribution in [-0.4, -0.2) is 42.2 Å². The zero-order valence-electron chi connectivity index (χ0n) is 10.0. The molecule has 98 valence electrons.